The number of anilines is 1. The van der Waals surface area contributed by atoms with E-state index >= 15 is 0 Å². The van der Waals surface area contributed by atoms with Crippen LogP contribution in [-0.2, 0) is 19.4 Å². The van der Waals surface area contributed by atoms with Gasteiger partial charge in [-0.1, -0.05) is 24.3 Å². The third-order valence-electron chi connectivity index (χ3n) is 4.69. The molecule has 1 N–H and O–H groups in total. The number of benzene rings is 2. The minimum atomic E-state index is -0.0850. The molecular formula is C20H21N3OS. The van der Waals surface area contributed by atoms with Crippen molar-refractivity contribution in [1.29, 1.82) is 0 Å². The van der Waals surface area contributed by atoms with Crippen LogP contribution in [0.3, 0.4) is 0 Å². The molecule has 128 valence electrons. The molecule has 0 bridgehead atoms. The Morgan fingerprint density at radius 1 is 1.16 bits per heavy atom. The molecule has 25 heavy (non-hydrogen) atoms. The number of aromatic nitrogens is 1. The van der Waals surface area contributed by atoms with Crippen LogP contribution in [0.25, 0.3) is 10.2 Å². The number of carbonyl (C=O) groups is 1. The lowest BCUT2D eigenvalue weighted by molar-refractivity contribution is 0.220. The minimum absolute atomic E-state index is 0.0850. The molecule has 4 rings (SSSR count). The normalized spacial score (nSPS) is 13.5. The molecule has 1 aromatic heterocycles. The van der Waals surface area contributed by atoms with Gasteiger partial charge in [0.1, 0.15) is 5.01 Å². The topological polar surface area (TPSA) is 45.2 Å². The molecule has 2 amide bonds. The molecule has 0 aliphatic heterocycles. The van der Waals surface area contributed by atoms with Crippen molar-refractivity contribution in [2.24, 2.45) is 0 Å². The van der Waals surface area contributed by atoms with Gasteiger partial charge in [0.05, 0.1) is 16.8 Å². The van der Waals surface area contributed by atoms with Gasteiger partial charge in [0.25, 0.3) is 0 Å². The highest BCUT2D eigenvalue weighted by Crippen LogP contribution is 2.28. The monoisotopic (exact) mass is 351 g/mol. The van der Waals surface area contributed by atoms with Crippen molar-refractivity contribution in [3.63, 3.8) is 0 Å². The number of fused-ring (bicyclic) bond motifs is 2. The molecule has 0 spiro atoms. The second-order valence-corrected chi connectivity index (χ2v) is 7.63. The van der Waals surface area contributed by atoms with Crippen molar-refractivity contribution in [1.82, 2.24) is 9.88 Å². The van der Waals surface area contributed by atoms with E-state index in [1.165, 1.54) is 24.0 Å². The number of hydrogen-bond donors (Lipinski definition) is 1. The van der Waals surface area contributed by atoms with Crippen molar-refractivity contribution < 1.29 is 4.79 Å². The van der Waals surface area contributed by atoms with Gasteiger partial charge in [-0.25, -0.2) is 9.78 Å². The van der Waals surface area contributed by atoms with Crippen molar-refractivity contribution in [2.45, 2.75) is 32.2 Å². The second kappa shape index (κ2) is 6.84. The van der Waals surface area contributed by atoms with E-state index in [1.54, 1.807) is 16.2 Å². The highest BCUT2D eigenvalue weighted by Gasteiger charge is 2.17. The van der Waals surface area contributed by atoms with Gasteiger partial charge in [0.15, 0.2) is 0 Å². The summed E-state index contributed by atoms with van der Waals surface area (Å²) in [5.41, 5.74) is 4.63. The molecule has 1 aliphatic carbocycles. The molecule has 4 nitrogen and oxygen atoms in total. The Bertz CT molecular complexity index is 885. The highest BCUT2D eigenvalue weighted by molar-refractivity contribution is 7.18. The first-order chi connectivity index (χ1) is 12.2. The maximum Gasteiger partial charge on any atom is 0.321 e. The van der Waals surface area contributed by atoms with Gasteiger partial charge in [-0.05, 0) is 55.0 Å². The van der Waals surface area contributed by atoms with Crippen LogP contribution in [0.4, 0.5) is 10.5 Å². The second-order valence-electron chi connectivity index (χ2n) is 6.51. The largest absolute Gasteiger partial charge is 0.321 e. The highest BCUT2D eigenvalue weighted by atomic mass is 32.1. The average Bonchev–Trinajstić information content (AvgIpc) is 3.04. The molecule has 0 atom stereocenters. The molecule has 3 aromatic rings. The molecule has 0 saturated carbocycles. The summed E-state index contributed by atoms with van der Waals surface area (Å²) in [4.78, 5) is 18.9. The maximum atomic E-state index is 12.6. The van der Waals surface area contributed by atoms with E-state index in [-0.39, 0.29) is 6.03 Å². The van der Waals surface area contributed by atoms with Gasteiger partial charge < -0.3 is 10.2 Å². The van der Waals surface area contributed by atoms with Gasteiger partial charge in [-0.3, -0.25) is 0 Å². The summed E-state index contributed by atoms with van der Waals surface area (Å²) in [5.74, 6) is 0. The predicted molar refractivity (Wildman–Crippen MR) is 103 cm³/mol. The van der Waals surface area contributed by atoms with E-state index in [4.69, 9.17) is 0 Å². The number of amides is 2. The van der Waals surface area contributed by atoms with Crippen LogP contribution < -0.4 is 5.32 Å². The Hall–Kier alpha value is -2.40. The van der Waals surface area contributed by atoms with E-state index in [1.807, 2.05) is 37.4 Å². The van der Waals surface area contributed by atoms with Crippen LogP contribution in [0.1, 0.15) is 29.0 Å². The van der Waals surface area contributed by atoms with Gasteiger partial charge >= 0.3 is 6.03 Å². The number of aryl methyl sites for hydroxylation is 1. The van der Waals surface area contributed by atoms with E-state index in [0.717, 1.165) is 33.8 Å². The fourth-order valence-corrected chi connectivity index (χ4v) is 4.39. The average molecular weight is 351 g/mol. The van der Waals surface area contributed by atoms with E-state index in [2.05, 4.69) is 22.4 Å². The molecule has 1 heterocycles. The van der Waals surface area contributed by atoms with Gasteiger partial charge in [-0.2, -0.15) is 0 Å². The van der Waals surface area contributed by atoms with Crippen molar-refractivity contribution in [2.75, 3.05) is 12.4 Å². The van der Waals surface area contributed by atoms with Crippen molar-refractivity contribution in [3.05, 3.63) is 58.6 Å². The first-order valence-corrected chi connectivity index (χ1v) is 9.50. The Kier molecular flexibility index (Phi) is 4.40. The molecule has 0 fully saturated rings. The van der Waals surface area contributed by atoms with Crippen LogP contribution in [0.15, 0.2) is 42.5 Å². The summed E-state index contributed by atoms with van der Waals surface area (Å²) in [5, 5.41) is 4.04. The molecule has 1 aliphatic rings. The Morgan fingerprint density at radius 2 is 2.00 bits per heavy atom. The zero-order chi connectivity index (χ0) is 17.2. The lowest BCUT2D eigenvalue weighted by Gasteiger charge is -2.22. The zero-order valence-corrected chi connectivity index (χ0v) is 15.1. The number of carbonyl (C=O) groups excluding carboxylic acids is 1. The summed E-state index contributed by atoms with van der Waals surface area (Å²) in [7, 11) is 1.82. The molecule has 2 aromatic carbocycles. The van der Waals surface area contributed by atoms with E-state index in [9.17, 15) is 4.79 Å². The van der Waals surface area contributed by atoms with E-state index in [0.29, 0.717) is 6.54 Å². The fourth-order valence-electron chi connectivity index (χ4n) is 3.37. The first kappa shape index (κ1) is 16.1. The maximum absolute atomic E-state index is 12.6. The quantitative estimate of drug-likeness (QED) is 0.734. The Labute approximate surface area is 151 Å². The molecule has 0 unspecified atom stereocenters. The number of thiazole rings is 1. The number of para-hydroxylation sites is 1. The van der Waals surface area contributed by atoms with Crippen molar-refractivity contribution in [3.8, 4) is 0 Å². The number of hydrogen-bond acceptors (Lipinski definition) is 3. The summed E-state index contributed by atoms with van der Waals surface area (Å²) in [6, 6.07) is 14.2. The predicted octanol–water partition coefficient (Wildman–Crippen LogP) is 4.84. The third-order valence-corrected chi connectivity index (χ3v) is 5.72. The Balaban J connectivity index is 1.47. The first-order valence-electron chi connectivity index (χ1n) is 8.68. The summed E-state index contributed by atoms with van der Waals surface area (Å²) >= 11 is 1.64. The Morgan fingerprint density at radius 3 is 2.88 bits per heavy atom. The number of nitrogens with zero attached hydrogens (tertiary/aromatic N) is 2. The zero-order valence-electron chi connectivity index (χ0n) is 14.3. The van der Waals surface area contributed by atoms with E-state index < -0.39 is 0 Å². The fraction of sp³-hybridized carbons (Fsp3) is 0.300. The van der Waals surface area contributed by atoms with Crippen LogP contribution >= 0.6 is 11.3 Å². The number of nitrogens with one attached hydrogen (secondary N) is 1. The SMILES string of the molecule is CN(Cc1nc2ccccc2s1)C(=O)Nc1cccc2c1CCCC2. The number of rotatable bonds is 3. The molecule has 0 saturated heterocycles. The smallest absolute Gasteiger partial charge is 0.321 e. The van der Waals surface area contributed by atoms with Gasteiger partial charge in [-0.15, -0.1) is 11.3 Å². The summed E-state index contributed by atoms with van der Waals surface area (Å²) in [6.07, 6.45) is 4.59. The lowest BCUT2D eigenvalue weighted by atomic mass is 9.90. The molecule has 0 radical (unpaired) electrons. The molecular weight excluding hydrogens is 330 g/mol. The lowest BCUT2D eigenvalue weighted by Crippen LogP contribution is -2.31. The van der Waals surface area contributed by atoms with Crippen LogP contribution in [0.5, 0.6) is 0 Å². The van der Waals surface area contributed by atoms with Crippen LogP contribution in [-0.4, -0.2) is 23.0 Å². The number of urea groups is 1. The minimum Gasteiger partial charge on any atom is -0.321 e. The van der Waals surface area contributed by atoms with Crippen LogP contribution in [0, 0.1) is 0 Å². The standard InChI is InChI=1S/C20H21N3OS/c1-23(13-19-21-17-10-4-5-12-18(17)25-19)20(24)22-16-11-6-8-14-7-2-3-9-15(14)16/h4-6,8,10-12H,2-3,7,9,13H2,1H3,(H,22,24). The van der Waals surface area contributed by atoms with Gasteiger partial charge in [0, 0.05) is 12.7 Å². The van der Waals surface area contributed by atoms with Gasteiger partial charge in [0.2, 0.25) is 0 Å². The summed E-state index contributed by atoms with van der Waals surface area (Å²) in [6.45, 7) is 0.514. The van der Waals surface area contributed by atoms with Crippen LogP contribution in [0.2, 0.25) is 0 Å². The summed E-state index contributed by atoms with van der Waals surface area (Å²) < 4.78 is 1.16. The third kappa shape index (κ3) is 3.37. The van der Waals surface area contributed by atoms with Crippen molar-refractivity contribution >= 4 is 33.3 Å². The molecule has 5 heteroatoms.